The topological polar surface area (TPSA) is 45.1 Å². The molecule has 6 heteroatoms. The van der Waals surface area contributed by atoms with Crippen molar-refractivity contribution in [3.63, 3.8) is 0 Å². The van der Waals surface area contributed by atoms with E-state index in [9.17, 15) is 0 Å². The normalized spacial score (nSPS) is 24.8. The van der Waals surface area contributed by atoms with Crippen LogP contribution in [0, 0.1) is 4.84 Å². The molecule has 0 amide bonds. The number of hydrogen-bond acceptors (Lipinski definition) is 5. The van der Waals surface area contributed by atoms with Crippen LogP contribution < -0.4 is 0 Å². The molecule has 0 aromatic carbocycles. The highest BCUT2D eigenvalue weighted by molar-refractivity contribution is 7.99. The van der Waals surface area contributed by atoms with Crippen LogP contribution in [0.1, 0.15) is 11.9 Å². The Bertz CT molecular complexity index is 334. The molecule has 0 saturated carbocycles. The predicted octanol–water partition coefficient (Wildman–Crippen LogP) is 1.45. The van der Waals surface area contributed by atoms with Crippen LogP contribution in [0.4, 0.5) is 0 Å². The molecule has 0 spiro atoms. The highest BCUT2D eigenvalue weighted by Gasteiger charge is 2.23. The summed E-state index contributed by atoms with van der Waals surface area (Å²) >= 11 is 6.74. The maximum atomic E-state index is 4.91. The summed E-state index contributed by atoms with van der Waals surface area (Å²) in [6.07, 6.45) is 0. The largest absolute Gasteiger partial charge is 0.348 e. The van der Waals surface area contributed by atoms with E-state index in [0.29, 0.717) is 10.9 Å². The van der Waals surface area contributed by atoms with Gasteiger partial charge in [-0.05, 0) is 19.3 Å². The second kappa shape index (κ2) is 3.81. The molecule has 1 aromatic rings. The van der Waals surface area contributed by atoms with Gasteiger partial charge in [-0.25, -0.2) is 5.16 Å². The standard InChI is InChI=1S/C7H11N3OS2/c1-10-2-3-13-4-5(10)6-8-7(12)11-9-6/h5H,2-4H2,1H3,(H,8,9,12). The molecule has 0 bridgehead atoms. The number of rotatable bonds is 1. The summed E-state index contributed by atoms with van der Waals surface area (Å²) in [5.41, 5.74) is 0. The monoisotopic (exact) mass is 217 g/mol. The van der Waals surface area contributed by atoms with Gasteiger partial charge in [0, 0.05) is 18.1 Å². The molecule has 1 fully saturated rings. The summed E-state index contributed by atoms with van der Waals surface area (Å²) in [5.74, 6) is 3.08. The lowest BCUT2D eigenvalue weighted by Gasteiger charge is -2.29. The molecule has 1 aliphatic rings. The maximum Gasteiger partial charge on any atom is 0.314 e. The summed E-state index contributed by atoms with van der Waals surface area (Å²) in [5, 5.41) is 2.76. The zero-order valence-electron chi connectivity index (χ0n) is 7.32. The molecule has 2 heterocycles. The van der Waals surface area contributed by atoms with E-state index in [1.807, 2.05) is 11.8 Å². The van der Waals surface area contributed by atoms with E-state index in [-0.39, 0.29) is 0 Å². The van der Waals surface area contributed by atoms with E-state index in [2.05, 4.69) is 22.1 Å². The summed E-state index contributed by atoms with van der Waals surface area (Å²) in [7, 11) is 2.09. The lowest BCUT2D eigenvalue weighted by atomic mass is 10.3. The minimum absolute atomic E-state index is 0.291. The molecule has 72 valence electrons. The number of aromatic amines is 1. The summed E-state index contributed by atoms with van der Waals surface area (Å²) in [4.78, 5) is 6.68. The van der Waals surface area contributed by atoms with E-state index in [1.165, 1.54) is 5.75 Å². The summed E-state index contributed by atoms with van der Waals surface area (Å²) in [6.45, 7) is 1.09. The van der Waals surface area contributed by atoms with E-state index < -0.39 is 0 Å². The first-order valence-corrected chi connectivity index (χ1v) is 5.67. The third-order valence-corrected chi connectivity index (χ3v) is 3.36. The zero-order chi connectivity index (χ0) is 9.26. The zero-order valence-corrected chi connectivity index (χ0v) is 8.95. The highest BCUT2D eigenvalue weighted by Crippen LogP contribution is 2.25. The molecule has 1 aromatic heterocycles. The predicted molar refractivity (Wildman–Crippen MR) is 54.4 cm³/mol. The number of nitrogens with one attached hydrogen (secondary N) is 1. The molecule has 13 heavy (non-hydrogen) atoms. The number of hydrogen-bond donors (Lipinski definition) is 1. The molecule has 4 nitrogen and oxygen atoms in total. The first-order chi connectivity index (χ1) is 6.27. The Morgan fingerprint density at radius 1 is 1.77 bits per heavy atom. The first-order valence-electron chi connectivity index (χ1n) is 4.11. The number of nitrogens with zero attached hydrogens (tertiary/aromatic N) is 2. The Labute approximate surface area is 85.7 Å². The fraction of sp³-hybridized carbons (Fsp3) is 0.714. The van der Waals surface area contributed by atoms with Gasteiger partial charge in [-0.1, -0.05) is 0 Å². The third-order valence-electron chi connectivity index (χ3n) is 2.17. The quantitative estimate of drug-likeness (QED) is 0.721. The van der Waals surface area contributed by atoms with Crippen LogP contribution in [-0.2, 0) is 0 Å². The van der Waals surface area contributed by atoms with Crippen molar-refractivity contribution in [1.82, 2.24) is 15.0 Å². The fourth-order valence-corrected chi connectivity index (χ4v) is 2.72. The third kappa shape index (κ3) is 1.95. The second-order valence-corrected chi connectivity index (χ2v) is 4.54. The molecule has 1 saturated heterocycles. The van der Waals surface area contributed by atoms with Crippen LogP contribution in [-0.4, -0.2) is 40.1 Å². The van der Waals surface area contributed by atoms with Gasteiger partial charge in [0.15, 0.2) is 5.82 Å². The van der Waals surface area contributed by atoms with Crippen LogP contribution in [0.3, 0.4) is 0 Å². The van der Waals surface area contributed by atoms with Gasteiger partial charge in [0.05, 0.1) is 6.04 Å². The summed E-state index contributed by atoms with van der Waals surface area (Å²) in [6, 6.07) is 0.319. The second-order valence-electron chi connectivity index (χ2n) is 3.04. The van der Waals surface area contributed by atoms with Crippen molar-refractivity contribution >= 4 is 24.0 Å². The molecule has 2 rings (SSSR count). The van der Waals surface area contributed by atoms with Gasteiger partial charge in [-0.3, -0.25) is 4.90 Å². The lowest BCUT2D eigenvalue weighted by molar-refractivity contribution is 0.257. The van der Waals surface area contributed by atoms with Gasteiger partial charge in [-0.2, -0.15) is 16.7 Å². The van der Waals surface area contributed by atoms with Crippen LogP contribution in [0.25, 0.3) is 0 Å². The minimum Gasteiger partial charge on any atom is -0.348 e. The van der Waals surface area contributed by atoms with Gasteiger partial charge in [0.2, 0.25) is 0 Å². The van der Waals surface area contributed by atoms with Crippen molar-refractivity contribution in [2.24, 2.45) is 0 Å². The van der Waals surface area contributed by atoms with Gasteiger partial charge in [0.1, 0.15) is 0 Å². The Hall–Kier alpha value is -0.330. The molecule has 1 aliphatic heterocycles. The highest BCUT2D eigenvalue weighted by atomic mass is 32.2. The smallest absolute Gasteiger partial charge is 0.314 e. The number of aromatic nitrogens is 2. The fourth-order valence-electron chi connectivity index (χ4n) is 1.36. The lowest BCUT2D eigenvalue weighted by Crippen LogP contribution is -2.33. The van der Waals surface area contributed by atoms with E-state index in [4.69, 9.17) is 16.7 Å². The molecule has 0 aliphatic carbocycles. The SMILES string of the molecule is CN1CCSCC1c1nc(=S)o[nH]1. The summed E-state index contributed by atoms with van der Waals surface area (Å²) < 4.78 is 4.91. The molecule has 1 N–H and O–H groups in total. The number of H-pyrrole nitrogens is 1. The van der Waals surface area contributed by atoms with Crippen molar-refractivity contribution in [2.75, 3.05) is 25.1 Å². The molecular weight excluding hydrogens is 206 g/mol. The van der Waals surface area contributed by atoms with E-state index >= 15 is 0 Å². The van der Waals surface area contributed by atoms with Gasteiger partial charge in [-0.15, -0.1) is 0 Å². The van der Waals surface area contributed by atoms with Gasteiger partial charge < -0.3 is 4.52 Å². The van der Waals surface area contributed by atoms with Crippen molar-refractivity contribution in [1.29, 1.82) is 0 Å². The van der Waals surface area contributed by atoms with Gasteiger partial charge in [0.25, 0.3) is 0 Å². The molecule has 1 unspecified atom stereocenters. The van der Waals surface area contributed by atoms with Gasteiger partial charge >= 0.3 is 4.84 Å². The van der Waals surface area contributed by atoms with E-state index in [1.54, 1.807) is 0 Å². The van der Waals surface area contributed by atoms with Crippen molar-refractivity contribution in [2.45, 2.75) is 6.04 Å². The van der Waals surface area contributed by atoms with Crippen LogP contribution in [0.5, 0.6) is 0 Å². The molecular formula is C7H11N3OS2. The maximum absolute atomic E-state index is 4.91. The van der Waals surface area contributed by atoms with Crippen molar-refractivity contribution in [3.05, 3.63) is 10.7 Å². The average Bonchev–Trinajstić information content (AvgIpc) is 2.53. The first kappa shape index (κ1) is 9.23. The van der Waals surface area contributed by atoms with Crippen molar-refractivity contribution in [3.8, 4) is 0 Å². The molecule has 1 atom stereocenters. The Kier molecular flexibility index (Phi) is 2.71. The molecule has 0 radical (unpaired) electrons. The van der Waals surface area contributed by atoms with Crippen LogP contribution >= 0.6 is 24.0 Å². The average molecular weight is 217 g/mol. The van der Waals surface area contributed by atoms with Crippen molar-refractivity contribution < 1.29 is 4.52 Å². The number of thioether (sulfide) groups is 1. The minimum atomic E-state index is 0.291. The Balaban J connectivity index is 2.19. The van der Waals surface area contributed by atoms with Crippen LogP contribution in [0.2, 0.25) is 0 Å². The van der Waals surface area contributed by atoms with E-state index in [0.717, 1.165) is 18.1 Å². The van der Waals surface area contributed by atoms with Crippen LogP contribution in [0.15, 0.2) is 4.52 Å². The Morgan fingerprint density at radius 2 is 2.62 bits per heavy atom. The Morgan fingerprint density at radius 3 is 3.23 bits per heavy atom.